The van der Waals surface area contributed by atoms with Crippen LogP contribution in [0.5, 0.6) is 0 Å². The molecule has 1 saturated heterocycles. The molecule has 8 nitrogen and oxygen atoms in total. The van der Waals surface area contributed by atoms with E-state index in [1.807, 2.05) is 12.1 Å². The fourth-order valence-corrected chi connectivity index (χ4v) is 2.75. The van der Waals surface area contributed by atoms with Gasteiger partial charge in [0.25, 0.3) is 5.56 Å². The maximum Gasteiger partial charge on any atom is 0.282 e. The van der Waals surface area contributed by atoms with Gasteiger partial charge in [0.15, 0.2) is 11.5 Å². The van der Waals surface area contributed by atoms with Gasteiger partial charge in [-0.3, -0.25) is 15.0 Å². The Morgan fingerprint density at radius 2 is 2.27 bits per heavy atom. The van der Waals surface area contributed by atoms with Gasteiger partial charge in [-0.2, -0.15) is 9.78 Å². The van der Waals surface area contributed by atoms with Crippen molar-refractivity contribution in [1.82, 2.24) is 25.0 Å². The zero-order valence-corrected chi connectivity index (χ0v) is 12.1. The molecule has 3 aromatic rings. The normalized spacial score (nSPS) is 19.0. The molecule has 0 unspecified atom stereocenters. The molecule has 4 heterocycles. The van der Waals surface area contributed by atoms with E-state index in [0.29, 0.717) is 30.1 Å². The van der Waals surface area contributed by atoms with Gasteiger partial charge in [-0.15, -0.1) is 0 Å². The summed E-state index contributed by atoms with van der Waals surface area (Å²) in [7, 11) is 0. The standard InChI is InChI=1S/C14H16N6O2/c1-9-8-22-7-6-19(9)11-3-2-10-13(16-11)18-20(14(10)21)12-4-5-15-17-12/h2-5,9H,6-8H2,1H3,(H,15,17)(H,16,18)/t9-/m1/s1. The van der Waals surface area contributed by atoms with Crippen LogP contribution in [0, 0.1) is 0 Å². The lowest BCUT2D eigenvalue weighted by Crippen LogP contribution is -2.44. The van der Waals surface area contributed by atoms with Crippen LogP contribution in [0.3, 0.4) is 0 Å². The summed E-state index contributed by atoms with van der Waals surface area (Å²) in [6, 6.07) is 5.68. The van der Waals surface area contributed by atoms with Gasteiger partial charge in [-0.05, 0) is 19.1 Å². The summed E-state index contributed by atoms with van der Waals surface area (Å²) in [4.78, 5) is 19.2. The van der Waals surface area contributed by atoms with Crippen molar-refractivity contribution in [1.29, 1.82) is 0 Å². The first-order chi connectivity index (χ1) is 10.7. The summed E-state index contributed by atoms with van der Waals surface area (Å²) < 4.78 is 6.86. The van der Waals surface area contributed by atoms with Crippen molar-refractivity contribution in [3.63, 3.8) is 0 Å². The number of hydrogen-bond acceptors (Lipinski definition) is 5. The highest BCUT2D eigenvalue weighted by atomic mass is 16.5. The molecule has 1 aliphatic heterocycles. The number of aromatic nitrogens is 5. The maximum atomic E-state index is 12.4. The van der Waals surface area contributed by atoms with E-state index in [0.717, 1.165) is 12.4 Å². The molecule has 0 amide bonds. The molecule has 0 saturated carbocycles. The number of ether oxygens (including phenoxy) is 1. The lowest BCUT2D eigenvalue weighted by molar-refractivity contribution is 0.0985. The quantitative estimate of drug-likeness (QED) is 0.725. The Kier molecular flexibility index (Phi) is 2.97. The van der Waals surface area contributed by atoms with Crippen molar-refractivity contribution in [3.05, 3.63) is 34.7 Å². The molecule has 22 heavy (non-hydrogen) atoms. The fraction of sp³-hybridized carbons (Fsp3) is 0.357. The Bertz CT molecular complexity index is 850. The first-order valence-electron chi connectivity index (χ1n) is 7.20. The van der Waals surface area contributed by atoms with E-state index in [4.69, 9.17) is 4.74 Å². The number of aromatic amines is 2. The van der Waals surface area contributed by atoms with E-state index >= 15 is 0 Å². The lowest BCUT2D eigenvalue weighted by atomic mass is 10.2. The number of nitrogens with zero attached hydrogens (tertiary/aromatic N) is 4. The van der Waals surface area contributed by atoms with Crippen molar-refractivity contribution < 1.29 is 4.74 Å². The van der Waals surface area contributed by atoms with Crippen LogP contribution in [-0.2, 0) is 4.74 Å². The number of anilines is 1. The largest absolute Gasteiger partial charge is 0.377 e. The van der Waals surface area contributed by atoms with Crippen LogP contribution in [0.25, 0.3) is 16.9 Å². The second-order valence-corrected chi connectivity index (χ2v) is 5.38. The molecule has 2 N–H and O–H groups in total. The predicted molar refractivity (Wildman–Crippen MR) is 81.5 cm³/mol. The van der Waals surface area contributed by atoms with Crippen LogP contribution in [-0.4, -0.2) is 50.8 Å². The molecule has 1 aliphatic rings. The minimum absolute atomic E-state index is 0.145. The molecule has 114 valence electrons. The number of fused-ring (bicyclic) bond motifs is 1. The lowest BCUT2D eigenvalue weighted by Gasteiger charge is -2.34. The van der Waals surface area contributed by atoms with Crippen LogP contribution in [0.1, 0.15) is 6.92 Å². The summed E-state index contributed by atoms with van der Waals surface area (Å²) in [5.41, 5.74) is 0.420. The Hall–Kier alpha value is -2.61. The van der Waals surface area contributed by atoms with Gasteiger partial charge < -0.3 is 9.64 Å². The zero-order valence-electron chi connectivity index (χ0n) is 12.1. The van der Waals surface area contributed by atoms with Crippen LogP contribution in [0.2, 0.25) is 0 Å². The Morgan fingerprint density at radius 3 is 3.05 bits per heavy atom. The molecule has 0 radical (unpaired) electrons. The van der Waals surface area contributed by atoms with Gasteiger partial charge in [-0.1, -0.05) is 0 Å². The summed E-state index contributed by atoms with van der Waals surface area (Å²) in [5.74, 6) is 1.44. The molecule has 1 atom stereocenters. The molecule has 3 aromatic heterocycles. The number of H-pyrrole nitrogens is 2. The van der Waals surface area contributed by atoms with Crippen molar-refractivity contribution in [2.24, 2.45) is 0 Å². The average molecular weight is 300 g/mol. The first kappa shape index (κ1) is 13.1. The Balaban J connectivity index is 1.80. The molecular formula is C14H16N6O2. The SMILES string of the molecule is C[C@@H]1COCCN1c1ccc2c(=O)n(-c3ccn[nH]3)[nH]c2n1. The summed E-state index contributed by atoms with van der Waals surface area (Å²) in [6.07, 6.45) is 1.60. The highest BCUT2D eigenvalue weighted by molar-refractivity contribution is 5.76. The molecule has 4 rings (SSSR count). The molecule has 1 fully saturated rings. The third kappa shape index (κ3) is 2.00. The minimum atomic E-state index is -0.145. The van der Waals surface area contributed by atoms with E-state index in [9.17, 15) is 4.79 Å². The van der Waals surface area contributed by atoms with E-state index in [1.165, 1.54) is 4.68 Å². The average Bonchev–Trinajstić information content (AvgIpc) is 3.16. The molecule has 8 heteroatoms. The van der Waals surface area contributed by atoms with Gasteiger partial charge >= 0.3 is 0 Å². The van der Waals surface area contributed by atoms with Gasteiger partial charge in [0.1, 0.15) is 5.82 Å². The molecular weight excluding hydrogens is 284 g/mol. The Labute approximate surface area is 125 Å². The molecule has 0 aliphatic carbocycles. The minimum Gasteiger partial charge on any atom is -0.377 e. The van der Waals surface area contributed by atoms with E-state index < -0.39 is 0 Å². The van der Waals surface area contributed by atoms with Gasteiger partial charge in [0.05, 0.1) is 30.8 Å². The third-order valence-corrected chi connectivity index (χ3v) is 3.92. The highest BCUT2D eigenvalue weighted by Crippen LogP contribution is 2.19. The van der Waals surface area contributed by atoms with Crippen molar-refractivity contribution >= 4 is 16.9 Å². The van der Waals surface area contributed by atoms with E-state index in [-0.39, 0.29) is 11.6 Å². The number of hydrogen-bond donors (Lipinski definition) is 2. The highest BCUT2D eigenvalue weighted by Gasteiger charge is 2.21. The third-order valence-electron chi connectivity index (χ3n) is 3.92. The zero-order chi connectivity index (χ0) is 15.1. The number of morpholine rings is 1. The number of rotatable bonds is 2. The van der Waals surface area contributed by atoms with Crippen LogP contribution < -0.4 is 10.5 Å². The second-order valence-electron chi connectivity index (χ2n) is 5.38. The van der Waals surface area contributed by atoms with Gasteiger partial charge in [-0.25, -0.2) is 4.98 Å². The monoisotopic (exact) mass is 300 g/mol. The molecule has 0 aromatic carbocycles. The first-order valence-corrected chi connectivity index (χ1v) is 7.20. The second kappa shape index (κ2) is 4.99. The van der Waals surface area contributed by atoms with Crippen LogP contribution in [0.4, 0.5) is 5.82 Å². The topological polar surface area (TPSA) is 91.8 Å². The van der Waals surface area contributed by atoms with Gasteiger partial charge in [0.2, 0.25) is 0 Å². The maximum absolute atomic E-state index is 12.4. The molecule has 0 bridgehead atoms. The van der Waals surface area contributed by atoms with Crippen LogP contribution in [0.15, 0.2) is 29.2 Å². The smallest absolute Gasteiger partial charge is 0.282 e. The van der Waals surface area contributed by atoms with E-state index in [2.05, 4.69) is 32.1 Å². The predicted octanol–water partition coefficient (Wildman–Crippen LogP) is 0.662. The summed E-state index contributed by atoms with van der Waals surface area (Å²) >= 11 is 0. The summed E-state index contributed by atoms with van der Waals surface area (Å²) in [5, 5.41) is 10.2. The van der Waals surface area contributed by atoms with Crippen molar-refractivity contribution in [2.75, 3.05) is 24.7 Å². The summed E-state index contributed by atoms with van der Waals surface area (Å²) in [6.45, 7) is 4.27. The Morgan fingerprint density at radius 1 is 1.36 bits per heavy atom. The molecule has 0 spiro atoms. The van der Waals surface area contributed by atoms with Crippen molar-refractivity contribution in [3.8, 4) is 5.82 Å². The number of nitrogens with one attached hydrogen (secondary N) is 2. The van der Waals surface area contributed by atoms with Crippen LogP contribution >= 0.6 is 0 Å². The number of pyridine rings is 1. The van der Waals surface area contributed by atoms with E-state index in [1.54, 1.807) is 12.3 Å². The fourth-order valence-electron chi connectivity index (χ4n) is 2.75. The van der Waals surface area contributed by atoms with Crippen molar-refractivity contribution in [2.45, 2.75) is 13.0 Å². The van der Waals surface area contributed by atoms with Gasteiger partial charge in [0, 0.05) is 12.6 Å².